The van der Waals surface area contributed by atoms with Gasteiger partial charge in [-0.3, -0.25) is 0 Å². The van der Waals surface area contributed by atoms with Crippen LogP contribution in [0.2, 0.25) is 0 Å². The third kappa shape index (κ3) is 1.71. The summed E-state index contributed by atoms with van der Waals surface area (Å²) in [6, 6.07) is 0.600. The van der Waals surface area contributed by atoms with Crippen molar-refractivity contribution in [2.24, 2.45) is 0 Å². The predicted molar refractivity (Wildman–Crippen MR) is 66.4 cm³/mol. The van der Waals surface area contributed by atoms with E-state index in [1.165, 1.54) is 12.8 Å². The van der Waals surface area contributed by atoms with E-state index < -0.39 is 0 Å². The highest BCUT2D eigenvalue weighted by atomic mass is 15.2. The molecule has 0 saturated heterocycles. The lowest BCUT2D eigenvalue weighted by Crippen LogP contribution is -2.02. The fourth-order valence-corrected chi connectivity index (χ4v) is 2.14. The highest BCUT2D eigenvalue weighted by Crippen LogP contribution is 2.38. The molecule has 0 unspecified atom stereocenters. The average molecular weight is 231 g/mol. The smallest absolute Gasteiger partial charge is 0.133 e. The number of anilines is 1. The maximum absolute atomic E-state index is 6.13. The van der Waals surface area contributed by atoms with E-state index in [2.05, 4.69) is 21.5 Å². The summed E-state index contributed by atoms with van der Waals surface area (Å²) in [5.41, 5.74) is 8.03. The van der Waals surface area contributed by atoms with Crippen LogP contribution in [0.1, 0.15) is 32.2 Å². The summed E-state index contributed by atoms with van der Waals surface area (Å²) in [5, 5.41) is 0. The van der Waals surface area contributed by atoms with E-state index in [1.807, 2.05) is 23.4 Å². The van der Waals surface area contributed by atoms with Crippen LogP contribution in [0, 0.1) is 0 Å². The molecule has 0 aliphatic heterocycles. The first-order chi connectivity index (χ1) is 8.31. The van der Waals surface area contributed by atoms with E-state index in [0.717, 1.165) is 30.2 Å². The second-order valence-corrected chi connectivity index (χ2v) is 4.59. The standard InChI is InChI=1S/C12H17N5/c1-2-5-16-8-15-11(12(16)13)10-6-14-7-17(10)9-3-4-9/h6-9H,2-5,13H2,1H3. The largest absolute Gasteiger partial charge is 0.383 e. The minimum atomic E-state index is 0.600. The fourth-order valence-electron chi connectivity index (χ4n) is 2.14. The molecule has 3 rings (SSSR count). The molecule has 2 N–H and O–H groups in total. The van der Waals surface area contributed by atoms with Gasteiger partial charge in [-0.25, -0.2) is 9.97 Å². The van der Waals surface area contributed by atoms with Crippen molar-refractivity contribution in [2.75, 3.05) is 5.73 Å². The Balaban J connectivity index is 2.00. The number of aryl methyl sites for hydroxylation is 1. The molecule has 5 heteroatoms. The van der Waals surface area contributed by atoms with Crippen molar-refractivity contribution in [3.63, 3.8) is 0 Å². The molecular weight excluding hydrogens is 214 g/mol. The van der Waals surface area contributed by atoms with Crippen molar-refractivity contribution in [1.82, 2.24) is 19.1 Å². The first kappa shape index (κ1) is 10.4. The Hall–Kier alpha value is -1.78. The van der Waals surface area contributed by atoms with E-state index in [1.54, 1.807) is 0 Å². The topological polar surface area (TPSA) is 61.7 Å². The molecule has 1 aliphatic rings. The molecular formula is C12H17N5. The number of hydrogen-bond acceptors (Lipinski definition) is 3. The Morgan fingerprint density at radius 1 is 1.41 bits per heavy atom. The molecule has 1 fully saturated rings. The molecule has 1 saturated carbocycles. The third-order valence-corrected chi connectivity index (χ3v) is 3.19. The van der Waals surface area contributed by atoms with Crippen LogP contribution in [-0.4, -0.2) is 19.1 Å². The summed E-state index contributed by atoms with van der Waals surface area (Å²) in [6.07, 6.45) is 9.08. The van der Waals surface area contributed by atoms with E-state index in [9.17, 15) is 0 Å². The Bertz CT molecular complexity index is 521. The lowest BCUT2D eigenvalue weighted by Gasteiger charge is -2.06. The maximum Gasteiger partial charge on any atom is 0.133 e. The summed E-state index contributed by atoms with van der Waals surface area (Å²) < 4.78 is 4.19. The molecule has 0 aromatic carbocycles. The monoisotopic (exact) mass is 231 g/mol. The molecule has 2 aromatic heterocycles. The van der Waals surface area contributed by atoms with Crippen molar-refractivity contribution in [3.05, 3.63) is 18.9 Å². The Labute approximate surface area is 100 Å². The van der Waals surface area contributed by atoms with Gasteiger partial charge in [0.15, 0.2) is 0 Å². The number of rotatable bonds is 4. The van der Waals surface area contributed by atoms with Gasteiger partial charge >= 0.3 is 0 Å². The van der Waals surface area contributed by atoms with E-state index in [0.29, 0.717) is 6.04 Å². The number of aromatic nitrogens is 4. The predicted octanol–water partition coefficient (Wildman–Crippen LogP) is 2.07. The normalized spacial score (nSPS) is 15.4. The zero-order valence-corrected chi connectivity index (χ0v) is 10.0. The zero-order chi connectivity index (χ0) is 11.8. The minimum absolute atomic E-state index is 0.600. The number of hydrogen-bond donors (Lipinski definition) is 1. The van der Waals surface area contributed by atoms with Gasteiger partial charge in [0.2, 0.25) is 0 Å². The molecule has 0 atom stereocenters. The van der Waals surface area contributed by atoms with Crippen LogP contribution in [-0.2, 0) is 6.54 Å². The lowest BCUT2D eigenvalue weighted by molar-refractivity contribution is 0.686. The Kier molecular flexibility index (Phi) is 2.39. The van der Waals surface area contributed by atoms with Gasteiger partial charge in [-0.2, -0.15) is 0 Å². The molecule has 0 bridgehead atoms. The molecule has 2 heterocycles. The van der Waals surface area contributed by atoms with E-state index in [-0.39, 0.29) is 0 Å². The zero-order valence-electron chi connectivity index (χ0n) is 10.0. The van der Waals surface area contributed by atoms with Crippen LogP contribution >= 0.6 is 0 Å². The van der Waals surface area contributed by atoms with Crippen molar-refractivity contribution in [2.45, 2.75) is 38.8 Å². The van der Waals surface area contributed by atoms with Gasteiger partial charge in [-0.1, -0.05) is 6.92 Å². The van der Waals surface area contributed by atoms with E-state index >= 15 is 0 Å². The molecule has 2 aromatic rings. The number of imidazole rings is 2. The molecule has 0 amide bonds. The lowest BCUT2D eigenvalue weighted by atomic mass is 10.3. The summed E-state index contributed by atoms with van der Waals surface area (Å²) in [6.45, 7) is 3.05. The van der Waals surface area contributed by atoms with Crippen molar-refractivity contribution < 1.29 is 0 Å². The van der Waals surface area contributed by atoms with Gasteiger partial charge in [0.05, 0.1) is 24.5 Å². The second kappa shape index (κ2) is 3.91. The molecule has 5 nitrogen and oxygen atoms in total. The van der Waals surface area contributed by atoms with Crippen LogP contribution in [0.4, 0.5) is 5.82 Å². The molecule has 0 spiro atoms. The van der Waals surface area contributed by atoms with Gasteiger partial charge in [-0.05, 0) is 19.3 Å². The van der Waals surface area contributed by atoms with Crippen LogP contribution in [0.15, 0.2) is 18.9 Å². The highest BCUT2D eigenvalue weighted by molar-refractivity contribution is 5.67. The summed E-state index contributed by atoms with van der Waals surface area (Å²) >= 11 is 0. The van der Waals surface area contributed by atoms with Crippen LogP contribution in [0.3, 0.4) is 0 Å². The molecule has 90 valence electrons. The van der Waals surface area contributed by atoms with Gasteiger partial charge in [0.1, 0.15) is 11.5 Å². The number of nitrogens with zero attached hydrogens (tertiary/aromatic N) is 4. The van der Waals surface area contributed by atoms with Crippen molar-refractivity contribution in [1.29, 1.82) is 0 Å². The molecule has 0 radical (unpaired) electrons. The van der Waals surface area contributed by atoms with Crippen LogP contribution < -0.4 is 5.73 Å². The summed E-state index contributed by atoms with van der Waals surface area (Å²) in [5.74, 6) is 0.745. The third-order valence-electron chi connectivity index (χ3n) is 3.19. The van der Waals surface area contributed by atoms with Crippen LogP contribution in [0.25, 0.3) is 11.4 Å². The van der Waals surface area contributed by atoms with E-state index in [4.69, 9.17) is 5.73 Å². The Morgan fingerprint density at radius 2 is 2.24 bits per heavy atom. The van der Waals surface area contributed by atoms with Gasteiger partial charge in [0, 0.05) is 12.6 Å². The van der Waals surface area contributed by atoms with Gasteiger partial charge in [0.25, 0.3) is 0 Å². The SMILES string of the molecule is CCCn1cnc(-c2cncn2C2CC2)c1N. The first-order valence-electron chi connectivity index (χ1n) is 6.14. The summed E-state index contributed by atoms with van der Waals surface area (Å²) in [4.78, 5) is 8.64. The highest BCUT2D eigenvalue weighted by Gasteiger charge is 2.27. The minimum Gasteiger partial charge on any atom is -0.383 e. The van der Waals surface area contributed by atoms with Gasteiger partial charge in [-0.15, -0.1) is 0 Å². The quantitative estimate of drug-likeness (QED) is 0.876. The maximum atomic E-state index is 6.13. The number of nitrogen functional groups attached to an aromatic ring is 1. The second-order valence-electron chi connectivity index (χ2n) is 4.59. The van der Waals surface area contributed by atoms with Crippen molar-refractivity contribution in [3.8, 4) is 11.4 Å². The number of nitrogens with two attached hydrogens (primary N) is 1. The van der Waals surface area contributed by atoms with Gasteiger partial charge < -0.3 is 14.9 Å². The Morgan fingerprint density at radius 3 is 2.94 bits per heavy atom. The fraction of sp³-hybridized carbons (Fsp3) is 0.500. The van der Waals surface area contributed by atoms with Crippen LogP contribution in [0.5, 0.6) is 0 Å². The average Bonchev–Trinajstić information content (AvgIpc) is 2.96. The molecule has 17 heavy (non-hydrogen) atoms. The van der Waals surface area contributed by atoms with Crippen molar-refractivity contribution >= 4 is 5.82 Å². The summed E-state index contributed by atoms with van der Waals surface area (Å²) in [7, 11) is 0. The molecule has 1 aliphatic carbocycles. The first-order valence-corrected chi connectivity index (χ1v) is 6.14.